The fraction of sp³-hybridized carbons (Fsp3) is 0.286. The maximum absolute atomic E-state index is 12.0. The summed E-state index contributed by atoms with van der Waals surface area (Å²) in [6.45, 7) is 3.89. The third kappa shape index (κ3) is 6.08. The lowest BCUT2D eigenvalue weighted by atomic mass is 10.4. The maximum atomic E-state index is 12.0. The van der Waals surface area contributed by atoms with E-state index in [9.17, 15) is 4.79 Å². The van der Waals surface area contributed by atoms with Gasteiger partial charge in [0.25, 0.3) is 0 Å². The second-order valence-corrected chi connectivity index (χ2v) is 8.36. The number of hydrogen-bond acceptors (Lipinski definition) is 11. The van der Waals surface area contributed by atoms with Gasteiger partial charge in [-0.15, -0.1) is 15.3 Å². The number of aromatic nitrogens is 5. The van der Waals surface area contributed by atoms with E-state index in [2.05, 4.69) is 41.2 Å². The van der Waals surface area contributed by atoms with E-state index in [1.165, 1.54) is 29.3 Å². The number of anilines is 2. The minimum atomic E-state index is -0.199. The second-order valence-electron chi connectivity index (χ2n) is 4.93. The van der Waals surface area contributed by atoms with Crippen molar-refractivity contribution < 1.29 is 9.21 Å². The topological polar surface area (TPSA) is 134 Å². The normalized spacial score (nSPS) is 11.2. The SMILES string of the molecule is CCSc1nnc(NC(=O)CSc2n[nH]c(N/N=C/c3ccc(C)o3)n2)s1. The molecule has 0 atom stereocenters. The number of carbonyl (C=O) groups is 1. The molecule has 0 bridgehead atoms. The molecule has 0 saturated heterocycles. The van der Waals surface area contributed by atoms with Crippen LogP contribution in [0.15, 0.2) is 31.1 Å². The van der Waals surface area contributed by atoms with Crippen LogP contribution in [0.2, 0.25) is 0 Å². The number of carbonyl (C=O) groups excluding carboxylic acids is 1. The van der Waals surface area contributed by atoms with Crippen LogP contribution in [-0.4, -0.2) is 49.0 Å². The van der Waals surface area contributed by atoms with Crippen LogP contribution in [0.25, 0.3) is 0 Å². The Labute approximate surface area is 167 Å². The third-order valence-electron chi connectivity index (χ3n) is 2.84. The molecule has 0 aliphatic carbocycles. The summed E-state index contributed by atoms with van der Waals surface area (Å²) in [6.07, 6.45) is 1.53. The first kappa shape index (κ1) is 19.4. The van der Waals surface area contributed by atoms with Gasteiger partial charge in [-0.25, -0.2) is 10.5 Å². The average Bonchev–Trinajstić information content (AvgIpc) is 3.36. The van der Waals surface area contributed by atoms with Crippen LogP contribution in [0.4, 0.5) is 11.1 Å². The zero-order chi connectivity index (χ0) is 19.1. The molecule has 3 N–H and O–H groups in total. The molecule has 13 heteroatoms. The quantitative estimate of drug-likeness (QED) is 0.205. The summed E-state index contributed by atoms with van der Waals surface area (Å²) in [5.41, 5.74) is 2.71. The third-order valence-corrected chi connectivity index (χ3v) is 5.54. The van der Waals surface area contributed by atoms with Gasteiger partial charge < -0.3 is 4.42 Å². The number of rotatable bonds is 9. The van der Waals surface area contributed by atoms with Crippen molar-refractivity contribution in [3.05, 3.63) is 23.7 Å². The van der Waals surface area contributed by atoms with Crippen LogP contribution in [0.3, 0.4) is 0 Å². The zero-order valence-corrected chi connectivity index (χ0v) is 16.9. The lowest BCUT2D eigenvalue weighted by Crippen LogP contribution is -2.13. The van der Waals surface area contributed by atoms with Gasteiger partial charge in [-0.2, -0.15) is 10.1 Å². The van der Waals surface area contributed by atoms with E-state index in [1.807, 2.05) is 26.0 Å². The van der Waals surface area contributed by atoms with Crippen molar-refractivity contribution in [3.8, 4) is 0 Å². The lowest BCUT2D eigenvalue weighted by molar-refractivity contribution is -0.113. The summed E-state index contributed by atoms with van der Waals surface area (Å²) < 4.78 is 6.19. The highest BCUT2D eigenvalue weighted by Crippen LogP contribution is 2.25. The molecule has 3 heterocycles. The zero-order valence-electron chi connectivity index (χ0n) is 14.4. The van der Waals surface area contributed by atoms with Crippen molar-refractivity contribution in [1.82, 2.24) is 25.4 Å². The molecule has 0 aliphatic heterocycles. The molecule has 142 valence electrons. The summed E-state index contributed by atoms with van der Waals surface area (Å²) >= 11 is 4.13. The van der Waals surface area contributed by atoms with Crippen molar-refractivity contribution in [2.45, 2.75) is 23.3 Å². The fourth-order valence-corrected chi connectivity index (χ4v) is 4.03. The number of nitrogens with zero attached hydrogens (tertiary/aromatic N) is 5. The van der Waals surface area contributed by atoms with Gasteiger partial charge >= 0.3 is 0 Å². The Morgan fingerprint density at radius 2 is 2.30 bits per heavy atom. The van der Waals surface area contributed by atoms with Gasteiger partial charge in [-0.1, -0.05) is 41.8 Å². The molecule has 3 aromatic heterocycles. The van der Waals surface area contributed by atoms with E-state index in [4.69, 9.17) is 4.42 Å². The van der Waals surface area contributed by atoms with Crippen molar-refractivity contribution in [3.63, 3.8) is 0 Å². The molecule has 0 spiro atoms. The maximum Gasteiger partial charge on any atom is 0.240 e. The van der Waals surface area contributed by atoms with Crippen LogP contribution in [-0.2, 0) is 4.79 Å². The Balaban J connectivity index is 1.43. The van der Waals surface area contributed by atoms with Gasteiger partial charge in [0.2, 0.25) is 22.1 Å². The minimum absolute atomic E-state index is 0.155. The monoisotopic (exact) mass is 424 g/mol. The van der Waals surface area contributed by atoms with Gasteiger partial charge in [-0.3, -0.25) is 10.1 Å². The number of nitrogens with one attached hydrogen (secondary N) is 3. The van der Waals surface area contributed by atoms with Crippen LogP contribution in [0.5, 0.6) is 0 Å². The number of furan rings is 1. The molecule has 27 heavy (non-hydrogen) atoms. The predicted molar refractivity (Wildman–Crippen MR) is 107 cm³/mol. The highest BCUT2D eigenvalue weighted by atomic mass is 32.2. The molecule has 1 amide bonds. The summed E-state index contributed by atoms with van der Waals surface area (Å²) in [5, 5.41) is 22.2. The number of thioether (sulfide) groups is 2. The van der Waals surface area contributed by atoms with Crippen LogP contribution in [0.1, 0.15) is 18.4 Å². The number of amides is 1. The van der Waals surface area contributed by atoms with Crippen LogP contribution >= 0.6 is 34.9 Å². The van der Waals surface area contributed by atoms with Crippen molar-refractivity contribution in [2.75, 3.05) is 22.2 Å². The molecule has 0 saturated carbocycles. The van der Waals surface area contributed by atoms with Gasteiger partial charge in [-0.05, 0) is 24.8 Å². The Morgan fingerprint density at radius 1 is 1.41 bits per heavy atom. The number of hydrogen-bond donors (Lipinski definition) is 3. The number of H-pyrrole nitrogens is 1. The average molecular weight is 425 g/mol. The van der Waals surface area contributed by atoms with Gasteiger partial charge in [0, 0.05) is 0 Å². The standard InChI is InChI=1S/C14H16N8O2S3/c1-3-25-14-22-21-13(27-14)16-10(23)7-26-12-17-11(19-20-12)18-15-6-9-5-4-8(2)24-9/h4-6H,3,7H2,1-2H3,(H,16,21,23)(H2,17,18,19,20)/b15-6+. The van der Waals surface area contributed by atoms with E-state index < -0.39 is 0 Å². The van der Waals surface area contributed by atoms with E-state index >= 15 is 0 Å². The van der Waals surface area contributed by atoms with Crippen molar-refractivity contribution >= 4 is 58.1 Å². The molecular weight excluding hydrogens is 408 g/mol. The largest absolute Gasteiger partial charge is 0.460 e. The first-order valence-electron chi connectivity index (χ1n) is 7.79. The molecular formula is C14H16N8O2S3. The van der Waals surface area contributed by atoms with Gasteiger partial charge in [0.1, 0.15) is 11.5 Å². The van der Waals surface area contributed by atoms with Crippen LogP contribution < -0.4 is 10.7 Å². The molecule has 3 aromatic rings. The first-order valence-corrected chi connectivity index (χ1v) is 10.6. The summed E-state index contributed by atoms with van der Waals surface area (Å²) in [5.74, 6) is 2.66. The number of hydrazone groups is 1. The lowest BCUT2D eigenvalue weighted by Gasteiger charge is -1.98. The number of aryl methyl sites for hydroxylation is 1. The summed E-state index contributed by atoms with van der Waals surface area (Å²) in [4.78, 5) is 16.2. The minimum Gasteiger partial charge on any atom is -0.460 e. The van der Waals surface area contributed by atoms with E-state index in [0.717, 1.165) is 15.9 Å². The highest BCUT2D eigenvalue weighted by molar-refractivity contribution is 8.01. The number of aromatic amines is 1. The molecule has 3 rings (SSSR count). The predicted octanol–water partition coefficient (Wildman–Crippen LogP) is 2.85. The Bertz CT molecular complexity index is 919. The van der Waals surface area contributed by atoms with Crippen molar-refractivity contribution in [1.29, 1.82) is 0 Å². The fourth-order valence-electron chi connectivity index (χ4n) is 1.77. The Hall–Kier alpha value is -2.38. The highest BCUT2D eigenvalue weighted by Gasteiger charge is 2.11. The second kappa shape index (κ2) is 9.53. The summed E-state index contributed by atoms with van der Waals surface area (Å²) in [6, 6.07) is 3.66. The van der Waals surface area contributed by atoms with E-state index in [0.29, 0.717) is 22.0 Å². The van der Waals surface area contributed by atoms with E-state index in [1.54, 1.807) is 11.8 Å². The van der Waals surface area contributed by atoms with E-state index in [-0.39, 0.29) is 11.7 Å². The Kier molecular flexibility index (Phi) is 6.84. The first-order chi connectivity index (χ1) is 13.1. The van der Waals surface area contributed by atoms with Gasteiger partial charge in [0.05, 0.1) is 12.0 Å². The van der Waals surface area contributed by atoms with Gasteiger partial charge in [0.15, 0.2) is 4.34 Å². The molecule has 0 aliphatic rings. The molecule has 0 fully saturated rings. The van der Waals surface area contributed by atoms with Crippen molar-refractivity contribution in [2.24, 2.45) is 5.10 Å². The molecule has 0 radical (unpaired) electrons. The molecule has 0 aromatic carbocycles. The molecule has 10 nitrogen and oxygen atoms in total. The Morgan fingerprint density at radius 3 is 3.07 bits per heavy atom. The summed E-state index contributed by atoms with van der Waals surface area (Å²) in [7, 11) is 0. The van der Waals surface area contributed by atoms with Crippen LogP contribution in [0, 0.1) is 6.92 Å². The smallest absolute Gasteiger partial charge is 0.240 e. The molecule has 0 unspecified atom stereocenters.